The minimum Gasteiger partial charge on any atom is -0.459 e. The molecule has 0 bridgehead atoms. The molecule has 1 spiro atoms. The van der Waals surface area contributed by atoms with Crippen molar-refractivity contribution in [3.8, 4) is 0 Å². The quantitative estimate of drug-likeness (QED) is 0.160. The number of halogens is 1. The molecular formula is C33H43ClO14. The summed E-state index contributed by atoms with van der Waals surface area (Å²) in [6.07, 6.45) is -3.74. The summed E-state index contributed by atoms with van der Waals surface area (Å²) in [5.41, 5.74) is -5.51. The van der Waals surface area contributed by atoms with Gasteiger partial charge in [-0.05, 0) is 31.1 Å². The van der Waals surface area contributed by atoms with Gasteiger partial charge in [0.15, 0.2) is 30.0 Å². The smallest absolute Gasteiger partial charge is 0.312 e. The largest absolute Gasteiger partial charge is 0.459 e. The number of carbonyl (C=O) groups excluding carboxylic acids is 6. The lowest BCUT2D eigenvalue weighted by molar-refractivity contribution is -0.279. The lowest BCUT2D eigenvalue weighted by Gasteiger charge is -2.59. The van der Waals surface area contributed by atoms with Crippen LogP contribution in [0.3, 0.4) is 0 Å². The number of unbranched alkanes of at least 4 members (excludes halogenated alkanes) is 1. The number of hydrogen-bond acceptors (Lipinski definition) is 14. The zero-order valence-electron chi connectivity index (χ0n) is 28.0. The topological polar surface area (TPSA) is 191 Å². The molecule has 0 radical (unpaired) electrons. The highest BCUT2D eigenvalue weighted by molar-refractivity contribution is 6.19. The van der Waals surface area contributed by atoms with Crippen molar-refractivity contribution in [3.05, 3.63) is 23.8 Å². The lowest BCUT2D eigenvalue weighted by atomic mass is 9.51. The fraction of sp³-hybridized carbons (Fsp3) is 0.697. The molecule has 1 N–H and O–H groups in total. The first-order valence-corrected chi connectivity index (χ1v) is 16.4. The molecule has 0 unspecified atom stereocenters. The summed E-state index contributed by atoms with van der Waals surface area (Å²) in [4.78, 5) is 77.7. The molecule has 3 fully saturated rings. The van der Waals surface area contributed by atoms with Crippen LogP contribution in [0, 0.1) is 17.3 Å². The third-order valence-electron chi connectivity index (χ3n) is 9.66. The number of fused-ring (bicyclic) bond motifs is 3. The van der Waals surface area contributed by atoms with Gasteiger partial charge in [0.25, 0.3) is 0 Å². The molecule has 2 heterocycles. The van der Waals surface area contributed by atoms with Gasteiger partial charge >= 0.3 is 35.8 Å². The van der Waals surface area contributed by atoms with E-state index in [0.29, 0.717) is 18.4 Å². The zero-order valence-corrected chi connectivity index (χ0v) is 28.8. The molecule has 0 aromatic heterocycles. The predicted octanol–water partition coefficient (Wildman–Crippen LogP) is 2.25. The van der Waals surface area contributed by atoms with E-state index in [1.54, 1.807) is 6.92 Å². The Kier molecular flexibility index (Phi) is 11.0. The maximum absolute atomic E-state index is 13.5. The number of epoxide rings is 1. The van der Waals surface area contributed by atoms with E-state index in [-0.39, 0.29) is 18.9 Å². The van der Waals surface area contributed by atoms with Crippen LogP contribution in [-0.2, 0) is 61.9 Å². The SMILES string of the molecule is CCCCC(=O)O[C@H]1[C@@H](OC(C)=O)[C@@H](OC(C)=O)[C@]2(CO2)[C@@H]2[C@H](OC(C)=O)[C@@]3(O)[C@H](/C=C(CCl)\C=C/[C@H](OC(C)=O)[C@@]12C)OC(=O)[C@@H]3C. The van der Waals surface area contributed by atoms with Gasteiger partial charge in [0, 0.05) is 45.9 Å². The Morgan fingerprint density at radius 1 is 0.938 bits per heavy atom. The normalized spacial score (nSPS) is 40.1. The van der Waals surface area contributed by atoms with Gasteiger partial charge in [-0.15, -0.1) is 11.6 Å². The average molecular weight is 699 g/mol. The van der Waals surface area contributed by atoms with E-state index in [9.17, 15) is 33.9 Å². The van der Waals surface area contributed by atoms with Gasteiger partial charge in [-0.1, -0.05) is 26.3 Å². The van der Waals surface area contributed by atoms with Gasteiger partial charge in [-0.3, -0.25) is 28.8 Å². The van der Waals surface area contributed by atoms with Gasteiger partial charge in [0.2, 0.25) is 0 Å². The van der Waals surface area contributed by atoms with Crippen molar-refractivity contribution < 1.29 is 67.0 Å². The molecule has 4 aliphatic rings. The number of rotatable bonds is 9. The van der Waals surface area contributed by atoms with Gasteiger partial charge in [-0.25, -0.2) is 0 Å². The highest BCUT2D eigenvalue weighted by Gasteiger charge is 2.81. The van der Waals surface area contributed by atoms with E-state index in [2.05, 4.69) is 0 Å². The van der Waals surface area contributed by atoms with E-state index < -0.39 is 101 Å². The molecule has 2 aliphatic heterocycles. The summed E-state index contributed by atoms with van der Waals surface area (Å²) in [6.45, 7) is 9.09. The molecule has 266 valence electrons. The van der Waals surface area contributed by atoms with Crippen molar-refractivity contribution in [2.24, 2.45) is 17.3 Å². The summed E-state index contributed by atoms with van der Waals surface area (Å²) in [7, 11) is 0. The first kappa shape index (κ1) is 37.3. The van der Waals surface area contributed by atoms with E-state index in [1.165, 1.54) is 25.2 Å². The third-order valence-corrected chi connectivity index (χ3v) is 9.97. The second-order valence-electron chi connectivity index (χ2n) is 13.0. The Labute approximate surface area is 283 Å². The summed E-state index contributed by atoms with van der Waals surface area (Å²) >= 11 is 6.27. The van der Waals surface area contributed by atoms with Crippen molar-refractivity contribution >= 4 is 47.4 Å². The second kappa shape index (κ2) is 14.2. The van der Waals surface area contributed by atoms with Gasteiger partial charge < -0.3 is 38.3 Å². The average Bonchev–Trinajstić information content (AvgIpc) is 3.75. The fourth-order valence-electron chi connectivity index (χ4n) is 7.44. The monoisotopic (exact) mass is 698 g/mol. The maximum atomic E-state index is 13.5. The Bertz CT molecular complexity index is 1390. The van der Waals surface area contributed by atoms with E-state index in [0.717, 1.165) is 27.7 Å². The zero-order chi connectivity index (χ0) is 35.8. The summed E-state index contributed by atoms with van der Waals surface area (Å²) < 4.78 is 41.3. The highest BCUT2D eigenvalue weighted by atomic mass is 35.5. The first-order chi connectivity index (χ1) is 22.5. The number of hydrogen-bond donors (Lipinski definition) is 1. The molecule has 1 saturated carbocycles. The molecule has 14 nitrogen and oxygen atoms in total. The lowest BCUT2D eigenvalue weighted by Crippen LogP contribution is -2.76. The molecule has 4 rings (SSSR count). The van der Waals surface area contributed by atoms with Crippen LogP contribution in [0.5, 0.6) is 0 Å². The van der Waals surface area contributed by atoms with Gasteiger partial charge in [-0.2, -0.15) is 0 Å². The summed E-state index contributed by atoms with van der Waals surface area (Å²) in [5, 5.41) is 12.7. The number of esters is 6. The van der Waals surface area contributed by atoms with Crippen LogP contribution >= 0.6 is 11.6 Å². The van der Waals surface area contributed by atoms with E-state index in [1.807, 2.05) is 6.92 Å². The van der Waals surface area contributed by atoms with Crippen molar-refractivity contribution in [1.82, 2.24) is 0 Å². The Hall–Kier alpha value is -3.49. The van der Waals surface area contributed by atoms with Crippen LogP contribution in [0.15, 0.2) is 23.8 Å². The second-order valence-corrected chi connectivity index (χ2v) is 13.2. The number of alkyl halides is 1. The molecule has 15 heteroatoms. The molecule has 2 aliphatic carbocycles. The molecule has 0 amide bonds. The summed E-state index contributed by atoms with van der Waals surface area (Å²) in [5.74, 6) is -7.67. The highest BCUT2D eigenvalue weighted by Crippen LogP contribution is 2.63. The standard InChI is InChI=1S/C33H43ClO14/c1-8-9-10-24(39)48-27-25(44-18(4)36)28(45-19(5)37)32(15-42-32)26-29(46-20(6)38)33(41)16(2)30(40)47-23(33)13-21(14-34)11-12-22(31(26,27)7)43-17(3)35/h11-13,16,22-23,25-29,41H,8-10,14-15H2,1-7H3/b12-11-,21-13+/t16-,22-,23-,25+,26+,27-,28+,29-,31+,32-,33-/m0/s1. The van der Waals surface area contributed by atoms with Crippen molar-refractivity contribution in [2.45, 2.75) is 116 Å². The van der Waals surface area contributed by atoms with Crippen LogP contribution < -0.4 is 0 Å². The van der Waals surface area contributed by atoms with E-state index >= 15 is 0 Å². The minimum atomic E-state index is -2.33. The number of aliphatic hydroxyl groups is 1. The molecule has 2 saturated heterocycles. The van der Waals surface area contributed by atoms with Crippen LogP contribution in [0.25, 0.3) is 0 Å². The summed E-state index contributed by atoms with van der Waals surface area (Å²) in [6, 6.07) is 0. The first-order valence-electron chi connectivity index (χ1n) is 15.9. The van der Waals surface area contributed by atoms with Crippen LogP contribution in [0.2, 0.25) is 0 Å². The fourth-order valence-corrected chi connectivity index (χ4v) is 7.62. The van der Waals surface area contributed by atoms with Crippen molar-refractivity contribution in [3.63, 3.8) is 0 Å². The number of ether oxygens (including phenoxy) is 7. The molecule has 0 aromatic carbocycles. The Morgan fingerprint density at radius 3 is 2.04 bits per heavy atom. The molecule has 48 heavy (non-hydrogen) atoms. The maximum Gasteiger partial charge on any atom is 0.312 e. The number of carbonyl (C=O) groups is 6. The predicted molar refractivity (Wildman–Crippen MR) is 164 cm³/mol. The Morgan fingerprint density at radius 2 is 1.52 bits per heavy atom. The van der Waals surface area contributed by atoms with Crippen molar-refractivity contribution in [2.75, 3.05) is 12.5 Å². The van der Waals surface area contributed by atoms with Crippen LogP contribution in [0.1, 0.15) is 67.7 Å². The third kappa shape index (κ3) is 6.71. The minimum absolute atomic E-state index is 0.0492. The van der Waals surface area contributed by atoms with Crippen molar-refractivity contribution in [1.29, 1.82) is 0 Å². The van der Waals surface area contributed by atoms with Crippen LogP contribution in [-0.4, -0.2) is 101 Å². The van der Waals surface area contributed by atoms with Crippen LogP contribution in [0.4, 0.5) is 0 Å². The van der Waals surface area contributed by atoms with Gasteiger partial charge in [0.1, 0.15) is 17.8 Å². The molecular weight excluding hydrogens is 656 g/mol. The number of allylic oxidation sites excluding steroid dienone is 2. The molecule has 11 atom stereocenters. The van der Waals surface area contributed by atoms with E-state index in [4.69, 9.17) is 44.8 Å². The Balaban J connectivity index is 2.15. The van der Waals surface area contributed by atoms with Gasteiger partial charge in [0.05, 0.1) is 17.9 Å². The molecule has 0 aromatic rings.